The molecule has 3 heterocycles. The van der Waals surface area contributed by atoms with Crippen LogP contribution in [0.1, 0.15) is 49.5 Å². The number of hydrogen-bond acceptors (Lipinski definition) is 5. The Hall–Kier alpha value is -1.63. The van der Waals surface area contributed by atoms with Crippen molar-refractivity contribution in [1.29, 1.82) is 0 Å². The third kappa shape index (κ3) is 3.97. The highest BCUT2D eigenvalue weighted by molar-refractivity contribution is 7.91. The number of piperidine rings is 1. The van der Waals surface area contributed by atoms with E-state index in [1.54, 1.807) is 19.3 Å². The van der Waals surface area contributed by atoms with Crippen LogP contribution in [0.25, 0.3) is 0 Å². The molecule has 1 aromatic rings. The van der Waals surface area contributed by atoms with Gasteiger partial charge in [-0.3, -0.25) is 4.79 Å². The Balaban J connectivity index is 1.70. The van der Waals surface area contributed by atoms with E-state index in [1.165, 1.54) is 24.2 Å². The van der Waals surface area contributed by atoms with Crippen LogP contribution in [-0.4, -0.2) is 61.4 Å². The van der Waals surface area contributed by atoms with E-state index in [-0.39, 0.29) is 23.5 Å². The standard InChI is InChI=1S/C18H27N3O3S/c1-3-14-6-4-5-10-21(14)15-7-8-17(19-12-15)18(22)20(2)16-9-11-25(23,24)13-16/h7-8,12,14,16H,3-6,9-11,13H2,1-2H3. The highest BCUT2D eigenvalue weighted by Gasteiger charge is 2.33. The molecule has 0 saturated carbocycles. The highest BCUT2D eigenvalue weighted by Crippen LogP contribution is 2.26. The van der Waals surface area contributed by atoms with E-state index >= 15 is 0 Å². The number of hydrogen-bond donors (Lipinski definition) is 0. The maximum atomic E-state index is 12.6. The molecule has 0 bridgehead atoms. The second kappa shape index (κ2) is 7.32. The van der Waals surface area contributed by atoms with Crippen LogP contribution in [0.4, 0.5) is 5.69 Å². The van der Waals surface area contributed by atoms with Gasteiger partial charge in [-0.2, -0.15) is 0 Å². The molecule has 0 radical (unpaired) electrons. The molecule has 2 aliphatic rings. The second-order valence-corrected chi connectivity index (χ2v) is 9.35. The van der Waals surface area contributed by atoms with E-state index in [0.717, 1.165) is 18.7 Å². The molecule has 0 aliphatic carbocycles. The number of sulfone groups is 1. The molecule has 0 aromatic carbocycles. The van der Waals surface area contributed by atoms with E-state index in [4.69, 9.17) is 0 Å². The fourth-order valence-corrected chi connectivity index (χ4v) is 5.65. The van der Waals surface area contributed by atoms with Gasteiger partial charge < -0.3 is 9.80 Å². The molecule has 0 spiro atoms. The van der Waals surface area contributed by atoms with Gasteiger partial charge >= 0.3 is 0 Å². The summed E-state index contributed by atoms with van der Waals surface area (Å²) in [5.41, 5.74) is 1.44. The summed E-state index contributed by atoms with van der Waals surface area (Å²) >= 11 is 0. The first-order valence-electron chi connectivity index (χ1n) is 9.11. The molecule has 138 valence electrons. The first kappa shape index (κ1) is 18.2. The number of aromatic nitrogens is 1. The average Bonchev–Trinajstić information content (AvgIpc) is 3.00. The van der Waals surface area contributed by atoms with E-state index < -0.39 is 9.84 Å². The maximum absolute atomic E-state index is 12.6. The van der Waals surface area contributed by atoms with Gasteiger partial charge in [-0.15, -0.1) is 0 Å². The minimum Gasteiger partial charge on any atom is -0.367 e. The number of amides is 1. The van der Waals surface area contributed by atoms with Gasteiger partial charge in [0.15, 0.2) is 9.84 Å². The van der Waals surface area contributed by atoms with Crippen LogP contribution < -0.4 is 4.90 Å². The van der Waals surface area contributed by atoms with E-state index in [0.29, 0.717) is 18.2 Å². The molecule has 3 rings (SSSR count). The predicted octanol–water partition coefficient (Wildman–Crippen LogP) is 2.11. The van der Waals surface area contributed by atoms with Crippen LogP contribution in [0.3, 0.4) is 0 Å². The van der Waals surface area contributed by atoms with Crippen molar-refractivity contribution in [1.82, 2.24) is 9.88 Å². The Morgan fingerprint density at radius 3 is 2.72 bits per heavy atom. The Morgan fingerprint density at radius 1 is 1.32 bits per heavy atom. The largest absolute Gasteiger partial charge is 0.367 e. The molecule has 2 aliphatic heterocycles. The zero-order chi connectivity index (χ0) is 18.0. The number of rotatable bonds is 4. The number of carbonyl (C=O) groups excluding carboxylic acids is 1. The van der Waals surface area contributed by atoms with Gasteiger partial charge in [0.1, 0.15) is 5.69 Å². The minimum atomic E-state index is -3.01. The first-order valence-corrected chi connectivity index (χ1v) is 10.9. The monoisotopic (exact) mass is 365 g/mol. The fourth-order valence-electron chi connectivity index (χ4n) is 3.87. The van der Waals surface area contributed by atoms with Gasteiger partial charge in [-0.25, -0.2) is 13.4 Å². The Bertz CT molecular complexity index is 718. The topological polar surface area (TPSA) is 70.6 Å². The Morgan fingerprint density at radius 2 is 2.12 bits per heavy atom. The molecule has 0 N–H and O–H groups in total. The second-order valence-electron chi connectivity index (χ2n) is 7.13. The zero-order valence-corrected chi connectivity index (χ0v) is 15.8. The normalized spacial score (nSPS) is 25.8. The SMILES string of the molecule is CCC1CCCCN1c1ccc(C(=O)N(C)C2CCS(=O)(=O)C2)nc1. The van der Waals surface area contributed by atoms with E-state index in [9.17, 15) is 13.2 Å². The summed E-state index contributed by atoms with van der Waals surface area (Å²) in [4.78, 5) is 20.9. The van der Waals surface area contributed by atoms with Crippen LogP contribution in [0, 0.1) is 0 Å². The lowest BCUT2D eigenvalue weighted by molar-refractivity contribution is 0.0742. The third-order valence-corrected chi connectivity index (χ3v) is 7.22. The summed E-state index contributed by atoms with van der Waals surface area (Å²) in [5, 5.41) is 0. The lowest BCUT2D eigenvalue weighted by Gasteiger charge is -2.37. The molecule has 2 fully saturated rings. The molecule has 2 saturated heterocycles. The van der Waals surface area contributed by atoms with Gasteiger partial charge in [0.05, 0.1) is 23.4 Å². The average molecular weight is 365 g/mol. The van der Waals surface area contributed by atoms with Crippen molar-refractivity contribution in [2.24, 2.45) is 0 Å². The maximum Gasteiger partial charge on any atom is 0.272 e. The smallest absolute Gasteiger partial charge is 0.272 e. The third-order valence-electron chi connectivity index (χ3n) is 5.47. The van der Waals surface area contributed by atoms with Gasteiger partial charge in [-0.1, -0.05) is 6.92 Å². The molecule has 6 nitrogen and oxygen atoms in total. The summed E-state index contributed by atoms with van der Waals surface area (Å²) < 4.78 is 23.2. The number of carbonyl (C=O) groups is 1. The van der Waals surface area contributed by atoms with Gasteiger partial charge in [-0.05, 0) is 44.2 Å². The van der Waals surface area contributed by atoms with Crippen molar-refractivity contribution in [3.8, 4) is 0 Å². The van der Waals surface area contributed by atoms with Crippen LogP contribution in [0.5, 0.6) is 0 Å². The number of anilines is 1. The number of nitrogens with zero attached hydrogens (tertiary/aromatic N) is 3. The van der Waals surface area contributed by atoms with Crippen molar-refractivity contribution in [3.63, 3.8) is 0 Å². The van der Waals surface area contributed by atoms with E-state index in [2.05, 4.69) is 16.8 Å². The number of pyridine rings is 1. The quantitative estimate of drug-likeness (QED) is 0.817. The summed E-state index contributed by atoms with van der Waals surface area (Å²) in [7, 11) is -1.34. The van der Waals surface area contributed by atoms with Gasteiger partial charge in [0.2, 0.25) is 0 Å². The lowest BCUT2D eigenvalue weighted by atomic mass is 9.99. The fraction of sp³-hybridized carbons (Fsp3) is 0.667. The van der Waals surface area contributed by atoms with Gasteiger partial charge in [0, 0.05) is 25.7 Å². The van der Waals surface area contributed by atoms with Crippen molar-refractivity contribution in [2.45, 2.75) is 51.1 Å². The molecule has 25 heavy (non-hydrogen) atoms. The summed E-state index contributed by atoms with van der Waals surface area (Å²) in [5.74, 6) is 0.00762. The van der Waals surface area contributed by atoms with Crippen molar-refractivity contribution >= 4 is 21.4 Å². The summed E-state index contributed by atoms with van der Waals surface area (Å²) in [6, 6.07) is 4.03. The summed E-state index contributed by atoms with van der Waals surface area (Å²) in [6.45, 7) is 3.24. The van der Waals surface area contributed by atoms with Crippen LogP contribution >= 0.6 is 0 Å². The lowest BCUT2D eigenvalue weighted by Crippen LogP contribution is -2.39. The molecular weight excluding hydrogens is 338 g/mol. The Labute approximate surface area is 150 Å². The molecule has 2 unspecified atom stereocenters. The summed E-state index contributed by atoms with van der Waals surface area (Å²) in [6.07, 6.45) is 7.06. The highest BCUT2D eigenvalue weighted by atomic mass is 32.2. The van der Waals surface area contributed by atoms with Crippen molar-refractivity contribution < 1.29 is 13.2 Å². The molecule has 1 aromatic heterocycles. The predicted molar refractivity (Wildman–Crippen MR) is 98.7 cm³/mol. The molecule has 2 atom stereocenters. The van der Waals surface area contributed by atoms with Crippen LogP contribution in [0.15, 0.2) is 18.3 Å². The first-order chi connectivity index (χ1) is 11.9. The van der Waals surface area contributed by atoms with Crippen LogP contribution in [0.2, 0.25) is 0 Å². The van der Waals surface area contributed by atoms with Crippen molar-refractivity contribution in [3.05, 3.63) is 24.0 Å². The molecular formula is C18H27N3O3S. The molecule has 7 heteroatoms. The zero-order valence-electron chi connectivity index (χ0n) is 15.0. The van der Waals surface area contributed by atoms with Crippen molar-refractivity contribution in [2.75, 3.05) is 30.0 Å². The Kier molecular flexibility index (Phi) is 5.32. The molecule has 1 amide bonds. The van der Waals surface area contributed by atoms with E-state index in [1.807, 2.05) is 6.07 Å². The van der Waals surface area contributed by atoms with Crippen LogP contribution in [-0.2, 0) is 9.84 Å². The van der Waals surface area contributed by atoms with Gasteiger partial charge in [0.25, 0.3) is 5.91 Å². The minimum absolute atomic E-state index is 0.0548.